The van der Waals surface area contributed by atoms with E-state index in [-0.39, 0.29) is 6.54 Å². The molecular weight excluding hydrogens is 204 g/mol. The maximum atomic E-state index is 10.9. The van der Waals surface area contributed by atoms with Crippen molar-refractivity contribution in [3.63, 3.8) is 0 Å². The van der Waals surface area contributed by atoms with Gasteiger partial charge in [0.2, 0.25) is 0 Å². The van der Waals surface area contributed by atoms with Gasteiger partial charge in [-0.05, 0) is 17.9 Å². The highest BCUT2D eigenvalue weighted by molar-refractivity contribution is 7.99. The van der Waals surface area contributed by atoms with Gasteiger partial charge in [-0.15, -0.1) is 0 Å². The molecule has 2 amide bonds. The smallest absolute Gasteiger partial charge is 0.323 e. The lowest BCUT2D eigenvalue weighted by molar-refractivity contribution is -0.135. The first-order valence-electron chi connectivity index (χ1n) is 4.48. The van der Waals surface area contributed by atoms with E-state index in [1.54, 1.807) is 0 Å². The van der Waals surface area contributed by atoms with Gasteiger partial charge >= 0.3 is 12.0 Å². The molecular formula is C8H16N2O3S. The minimum atomic E-state index is -1.04. The summed E-state index contributed by atoms with van der Waals surface area (Å²) < 4.78 is 0. The second-order valence-corrected chi connectivity index (χ2v) is 3.95. The molecule has 0 spiro atoms. The fourth-order valence-electron chi connectivity index (χ4n) is 0.739. The van der Waals surface area contributed by atoms with Crippen molar-refractivity contribution in [2.45, 2.75) is 13.3 Å². The van der Waals surface area contributed by atoms with Gasteiger partial charge in [-0.2, -0.15) is 11.8 Å². The van der Waals surface area contributed by atoms with E-state index < -0.39 is 12.0 Å². The van der Waals surface area contributed by atoms with Gasteiger partial charge in [0.15, 0.2) is 0 Å². The lowest BCUT2D eigenvalue weighted by Gasteiger charge is -2.04. The third-order valence-electron chi connectivity index (χ3n) is 1.36. The molecule has 0 heterocycles. The molecule has 0 atom stereocenters. The van der Waals surface area contributed by atoms with E-state index in [4.69, 9.17) is 5.11 Å². The molecule has 0 aliphatic heterocycles. The Morgan fingerprint density at radius 3 is 2.64 bits per heavy atom. The van der Waals surface area contributed by atoms with Crippen molar-refractivity contribution in [2.24, 2.45) is 0 Å². The van der Waals surface area contributed by atoms with Crippen LogP contribution in [0.4, 0.5) is 4.79 Å². The highest BCUT2D eigenvalue weighted by Gasteiger charge is 2.01. The molecule has 14 heavy (non-hydrogen) atoms. The van der Waals surface area contributed by atoms with Crippen molar-refractivity contribution in [1.82, 2.24) is 10.6 Å². The zero-order valence-electron chi connectivity index (χ0n) is 8.21. The number of amides is 2. The van der Waals surface area contributed by atoms with Gasteiger partial charge in [-0.3, -0.25) is 4.79 Å². The molecule has 3 N–H and O–H groups in total. The Morgan fingerprint density at radius 1 is 1.36 bits per heavy atom. The number of aliphatic carboxylic acids is 1. The lowest BCUT2D eigenvalue weighted by atomic mass is 10.5. The van der Waals surface area contributed by atoms with Crippen molar-refractivity contribution in [1.29, 1.82) is 0 Å². The Hall–Kier alpha value is -0.910. The second kappa shape index (κ2) is 8.68. The highest BCUT2D eigenvalue weighted by atomic mass is 32.2. The van der Waals surface area contributed by atoms with E-state index in [1.807, 2.05) is 11.8 Å². The van der Waals surface area contributed by atoms with E-state index in [9.17, 15) is 9.59 Å². The summed E-state index contributed by atoms with van der Waals surface area (Å²) in [6.45, 7) is 2.33. The third-order valence-corrected chi connectivity index (χ3v) is 2.34. The molecule has 0 unspecified atom stereocenters. The van der Waals surface area contributed by atoms with Gasteiger partial charge in [-0.25, -0.2) is 4.79 Å². The molecule has 0 radical (unpaired) electrons. The first-order chi connectivity index (χ1) is 6.66. The van der Waals surface area contributed by atoms with Crippen LogP contribution in [0, 0.1) is 0 Å². The number of nitrogens with one attached hydrogen (secondary N) is 2. The van der Waals surface area contributed by atoms with Gasteiger partial charge in [-0.1, -0.05) is 6.92 Å². The molecule has 0 bridgehead atoms. The SMILES string of the molecule is CCSCCCNC(=O)NCC(=O)O. The van der Waals surface area contributed by atoms with Crippen LogP contribution in [0.2, 0.25) is 0 Å². The quantitative estimate of drug-likeness (QED) is 0.546. The molecule has 0 aliphatic carbocycles. The zero-order valence-corrected chi connectivity index (χ0v) is 9.02. The average molecular weight is 220 g/mol. The Morgan fingerprint density at radius 2 is 2.07 bits per heavy atom. The van der Waals surface area contributed by atoms with Crippen LogP contribution in [-0.4, -0.2) is 41.7 Å². The number of rotatable bonds is 7. The summed E-state index contributed by atoms with van der Waals surface area (Å²) in [5.41, 5.74) is 0. The van der Waals surface area contributed by atoms with Crippen LogP contribution in [0.15, 0.2) is 0 Å². The van der Waals surface area contributed by atoms with Gasteiger partial charge in [0.25, 0.3) is 0 Å². The molecule has 5 nitrogen and oxygen atoms in total. The molecule has 0 saturated carbocycles. The number of thioether (sulfide) groups is 1. The maximum absolute atomic E-state index is 10.9. The second-order valence-electron chi connectivity index (χ2n) is 2.55. The van der Waals surface area contributed by atoms with Gasteiger partial charge in [0.1, 0.15) is 6.54 Å². The monoisotopic (exact) mass is 220 g/mol. The van der Waals surface area contributed by atoms with Crippen LogP contribution in [0.1, 0.15) is 13.3 Å². The molecule has 0 aromatic rings. The number of hydrogen-bond donors (Lipinski definition) is 3. The largest absolute Gasteiger partial charge is 0.480 e. The van der Waals surface area contributed by atoms with Crippen molar-refractivity contribution in [2.75, 3.05) is 24.6 Å². The van der Waals surface area contributed by atoms with Gasteiger partial charge in [0, 0.05) is 6.54 Å². The predicted octanol–water partition coefficient (Wildman–Crippen LogP) is 0.513. The van der Waals surface area contributed by atoms with Crippen molar-refractivity contribution in [3.05, 3.63) is 0 Å². The zero-order chi connectivity index (χ0) is 10.8. The Labute approximate surface area is 87.6 Å². The fourth-order valence-corrected chi connectivity index (χ4v) is 1.38. The van der Waals surface area contributed by atoms with Gasteiger partial charge < -0.3 is 15.7 Å². The van der Waals surface area contributed by atoms with E-state index in [0.29, 0.717) is 6.54 Å². The van der Waals surface area contributed by atoms with Crippen LogP contribution in [0.25, 0.3) is 0 Å². The summed E-state index contributed by atoms with van der Waals surface area (Å²) >= 11 is 1.81. The molecule has 6 heteroatoms. The minimum Gasteiger partial charge on any atom is -0.480 e. The van der Waals surface area contributed by atoms with E-state index in [1.165, 1.54) is 0 Å². The van der Waals surface area contributed by atoms with E-state index in [0.717, 1.165) is 17.9 Å². The van der Waals surface area contributed by atoms with Crippen molar-refractivity contribution in [3.8, 4) is 0 Å². The number of carboxylic acids is 1. The fraction of sp³-hybridized carbons (Fsp3) is 0.750. The van der Waals surface area contributed by atoms with Gasteiger partial charge in [0.05, 0.1) is 0 Å². The first kappa shape index (κ1) is 13.1. The highest BCUT2D eigenvalue weighted by Crippen LogP contribution is 1.99. The molecule has 0 aromatic carbocycles. The summed E-state index contributed by atoms with van der Waals surface area (Å²) in [6.07, 6.45) is 0.902. The van der Waals surface area contributed by atoms with Crippen molar-refractivity contribution < 1.29 is 14.7 Å². The normalized spacial score (nSPS) is 9.50. The standard InChI is InChI=1S/C8H16N2O3S/c1-2-14-5-3-4-9-8(13)10-6-7(11)12/h2-6H2,1H3,(H,11,12)(H2,9,10,13). The number of hydrogen-bond acceptors (Lipinski definition) is 3. The Balaban J connectivity index is 3.22. The molecule has 0 aliphatic rings. The first-order valence-corrected chi connectivity index (χ1v) is 5.63. The molecule has 0 rings (SSSR count). The van der Waals surface area contributed by atoms with Crippen molar-refractivity contribution >= 4 is 23.8 Å². The van der Waals surface area contributed by atoms with Crippen LogP contribution in [0.5, 0.6) is 0 Å². The molecule has 82 valence electrons. The predicted molar refractivity (Wildman–Crippen MR) is 56.7 cm³/mol. The van der Waals surface area contributed by atoms with Crippen LogP contribution in [0.3, 0.4) is 0 Å². The summed E-state index contributed by atoms with van der Waals surface area (Å²) in [7, 11) is 0. The van der Waals surface area contributed by atoms with Crippen LogP contribution < -0.4 is 10.6 Å². The van der Waals surface area contributed by atoms with E-state index in [2.05, 4.69) is 17.6 Å². The Kier molecular flexibility index (Phi) is 8.11. The number of carbonyl (C=O) groups excluding carboxylic acids is 1. The number of carbonyl (C=O) groups is 2. The summed E-state index contributed by atoms with van der Waals surface area (Å²) in [4.78, 5) is 21.0. The topological polar surface area (TPSA) is 78.4 Å². The lowest BCUT2D eigenvalue weighted by Crippen LogP contribution is -2.38. The number of carboxylic acid groups (broad SMARTS) is 1. The van der Waals surface area contributed by atoms with E-state index >= 15 is 0 Å². The summed E-state index contributed by atoms with van der Waals surface area (Å²) in [5.74, 6) is 1.04. The molecule has 0 saturated heterocycles. The average Bonchev–Trinajstić information content (AvgIpc) is 2.14. The maximum Gasteiger partial charge on any atom is 0.323 e. The molecule has 0 aromatic heterocycles. The summed E-state index contributed by atoms with van der Waals surface area (Å²) in [6, 6.07) is -0.422. The molecule has 0 fully saturated rings. The number of urea groups is 1. The summed E-state index contributed by atoms with van der Waals surface area (Å²) in [5, 5.41) is 13.0. The Bertz CT molecular complexity index is 187. The van der Waals surface area contributed by atoms with Crippen LogP contribution in [-0.2, 0) is 4.79 Å². The minimum absolute atomic E-state index is 0.338. The third kappa shape index (κ3) is 9.18. The van der Waals surface area contributed by atoms with Crippen LogP contribution >= 0.6 is 11.8 Å².